The Morgan fingerprint density at radius 2 is 0.662 bits per heavy atom. The molecule has 13 aromatic carbocycles. The number of furan rings is 1. The molecule has 0 N–H and O–H groups in total. The lowest BCUT2D eigenvalue weighted by Crippen LogP contribution is -2.50. The zero-order valence-corrected chi connectivity index (χ0v) is 42.3. The van der Waals surface area contributed by atoms with Crippen LogP contribution in [0.3, 0.4) is 0 Å². The van der Waals surface area contributed by atoms with Gasteiger partial charge in [0.15, 0.2) is 0 Å². The highest BCUT2D eigenvalue weighted by molar-refractivity contribution is 6.72. The Labute approximate surface area is 422 Å². The molecule has 11 heteroatoms. The molecule has 14 rings (SSSR count). The van der Waals surface area contributed by atoms with E-state index in [9.17, 15) is 0 Å². The van der Waals surface area contributed by atoms with Crippen molar-refractivity contribution in [1.29, 1.82) is 0 Å². The van der Waals surface area contributed by atoms with E-state index in [-0.39, 0.29) is 0 Å². The highest BCUT2D eigenvalue weighted by atomic mass is 16.3. The second-order valence-electron chi connectivity index (χ2n) is 21.0. The quantitative estimate of drug-likeness (QED) is 0.177. The number of hydrogen-bond acceptors (Lipinski definition) is 1. The van der Waals surface area contributed by atoms with Gasteiger partial charge in [-0.05, 0) is 138 Å². The number of benzene rings is 13. The van der Waals surface area contributed by atoms with Gasteiger partial charge < -0.3 is 4.42 Å². The molecule has 0 aliphatic rings. The maximum absolute atomic E-state index is 7.39. The molecule has 0 saturated carbocycles. The molecule has 0 amide bonds. The van der Waals surface area contributed by atoms with Crippen LogP contribution in [0.2, 0.25) is 0 Å². The highest BCUT2D eigenvalue weighted by Crippen LogP contribution is 2.49. The van der Waals surface area contributed by atoms with E-state index >= 15 is 0 Å². The molecule has 0 bridgehead atoms. The van der Waals surface area contributed by atoms with Gasteiger partial charge in [0.05, 0.1) is 0 Å². The lowest BCUT2D eigenvalue weighted by Gasteiger charge is -2.24. The molecule has 1 aromatic heterocycles. The first-order chi connectivity index (χ1) is 34.4. The van der Waals surface area contributed by atoms with Gasteiger partial charge >= 0.3 is 0 Å². The van der Waals surface area contributed by atoms with E-state index in [4.69, 9.17) is 4.42 Å². The fourth-order valence-electron chi connectivity index (χ4n) is 13.5. The van der Waals surface area contributed by atoms with Crippen molar-refractivity contribution in [1.82, 2.24) is 0 Å². The highest BCUT2D eigenvalue weighted by Gasteiger charge is 2.28. The molecule has 0 fully saturated rings. The second kappa shape index (κ2) is 15.1. The minimum atomic E-state index is 0.984. The van der Waals surface area contributed by atoms with E-state index in [1.807, 2.05) is 0 Å². The van der Waals surface area contributed by atoms with Crippen molar-refractivity contribution >= 4 is 230 Å². The molecule has 0 unspecified atom stereocenters. The van der Waals surface area contributed by atoms with Crippen LogP contribution in [0.15, 0.2) is 150 Å². The summed E-state index contributed by atoms with van der Waals surface area (Å²) in [6.07, 6.45) is 0. The zero-order valence-electron chi connectivity index (χ0n) is 42.3. The number of fused-ring (bicyclic) bond motifs is 4. The summed E-state index contributed by atoms with van der Waals surface area (Å²) in [4.78, 5) is 0. The van der Waals surface area contributed by atoms with E-state index in [1.165, 1.54) is 185 Å². The normalized spacial score (nSPS) is 12.2. The maximum atomic E-state index is 7.39. The minimum Gasteiger partial charge on any atom is -0.457 e. The van der Waals surface area contributed by atoms with Gasteiger partial charge in [-0.25, -0.2) is 0 Å². The first kappa shape index (κ1) is 42.5. The van der Waals surface area contributed by atoms with E-state index < -0.39 is 0 Å². The predicted octanol–water partition coefficient (Wildman–Crippen LogP) is -0.214. The van der Waals surface area contributed by atoms with Crippen LogP contribution in [0, 0.1) is 0 Å². The molecule has 0 saturated heterocycles. The topological polar surface area (TPSA) is 13.1 Å². The van der Waals surface area contributed by atoms with Gasteiger partial charge in [0, 0.05) is 10.8 Å². The van der Waals surface area contributed by atoms with Crippen molar-refractivity contribution in [3.8, 4) is 44.5 Å². The zero-order chi connectivity index (χ0) is 48.5. The molecular weight excluding hydrogens is 845 g/mol. The molecule has 0 radical (unpaired) electrons. The number of hydrogen-bond donors (Lipinski definition) is 0. The Kier molecular flexibility index (Phi) is 9.03. The Morgan fingerprint density at radius 3 is 1.21 bits per heavy atom. The molecule has 0 spiro atoms. The summed E-state index contributed by atoms with van der Waals surface area (Å²) in [5, 5.41) is 20.6. The van der Waals surface area contributed by atoms with Crippen molar-refractivity contribution in [3.63, 3.8) is 0 Å². The van der Waals surface area contributed by atoms with Crippen molar-refractivity contribution < 1.29 is 4.42 Å². The molecule has 0 atom stereocenters. The molecular formula is C60H44B10O. The lowest BCUT2D eigenvalue weighted by atomic mass is 9.61. The Hall–Kier alpha value is -7.35. The fraction of sp³-hybridized carbons (Fsp3) is 0. The molecule has 71 heavy (non-hydrogen) atoms. The van der Waals surface area contributed by atoms with Crippen LogP contribution in [0.1, 0.15) is 0 Å². The van der Waals surface area contributed by atoms with Gasteiger partial charge in [-0.1, -0.05) is 172 Å². The monoisotopic (exact) mass is 890 g/mol. The molecule has 1 nitrogen and oxygen atoms in total. The summed E-state index contributed by atoms with van der Waals surface area (Å²) in [5.41, 5.74) is 24.8. The maximum Gasteiger partial charge on any atom is 0.145 e. The molecule has 0 aliphatic heterocycles. The predicted molar refractivity (Wildman–Crippen MR) is 342 cm³/mol. The number of rotatable bonds is 4. The van der Waals surface area contributed by atoms with Crippen LogP contribution in [0.25, 0.3) is 142 Å². The Balaban J connectivity index is 1.21. The van der Waals surface area contributed by atoms with Crippen molar-refractivity contribution in [2.75, 3.05) is 0 Å². The lowest BCUT2D eigenvalue weighted by molar-refractivity contribution is 0.675. The molecule has 320 valence electrons. The smallest absolute Gasteiger partial charge is 0.145 e. The minimum absolute atomic E-state index is 0.984. The van der Waals surface area contributed by atoms with E-state index in [0.717, 1.165) is 11.2 Å². The van der Waals surface area contributed by atoms with Crippen molar-refractivity contribution in [3.05, 3.63) is 146 Å². The average Bonchev–Trinajstić information content (AvgIpc) is 3.80. The third-order valence-electron chi connectivity index (χ3n) is 17.7. The Bertz CT molecular complexity index is 4680. The fourth-order valence-corrected chi connectivity index (χ4v) is 13.5. The first-order valence-electron chi connectivity index (χ1n) is 25.3. The summed E-state index contributed by atoms with van der Waals surface area (Å²) < 4.78 is 7.39. The average molecular weight is 889 g/mol. The van der Waals surface area contributed by atoms with Crippen LogP contribution in [0.4, 0.5) is 0 Å². The third-order valence-corrected chi connectivity index (χ3v) is 17.7. The van der Waals surface area contributed by atoms with E-state index in [1.54, 1.807) is 0 Å². The van der Waals surface area contributed by atoms with Crippen molar-refractivity contribution in [2.24, 2.45) is 0 Å². The first-order valence-corrected chi connectivity index (χ1v) is 25.3. The van der Waals surface area contributed by atoms with Crippen LogP contribution < -0.4 is 54.6 Å². The van der Waals surface area contributed by atoms with Gasteiger partial charge in [-0.3, -0.25) is 0 Å². The molecule has 1 heterocycles. The van der Waals surface area contributed by atoms with E-state index in [2.05, 4.69) is 224 Å². The van der Waals surface area contributed by atoms with Gasteiger partial charge in [0.2, 0.25) is 0 Å². The van der Waals surface area contributed by atoms with E-state index in [0.29, 0.717) is 0 Å². The standard InChI is InChI=1S/C60H44B10O/c61-40-10-2-1-9-33(40)38-24-39(45-46-49-50(62)47-48(53(65)56(68)55(67)52(47)64)54(66)60(49)71-59(46)58(70)57(69)51(45)63)37(32-20-16-30-14-12-26-6-4-8-28-18-22-35(32)44(30)42(26)28)23-36(38)31-19-15-29-13-11-25-5-3-7-27-17-21-34(31)43(29)41(25)27/h1-24H,61-70H2. The third kappa shape index (κ3) is 5.67. The van der Waals surface area contributed by atoms with Crippen molar-refractivity contribution in [2.45, 2.75) is 0 Å². The second-order valence-corrected chi connectivity index (χ2v) is 21.0. The molecule has 14 aromatic rings. The molecule has 0 aliphatic carbocycles. The summed E-state index contributed by atoms with van der Waals surface area (Å²) in [6.45, 7) is 0. The summed E-state index contributed by atoms with van der Waals surface area (Å²) in [6, 6.07) is 55.7. The van der Waals surface area contributed by atoms with Crippen LogP contribution in [-0.4, -0.2) is 78.5 Å². The van der Waals surface area contributed by atoms with Crippen LogP contribution in [0.5, 0.6) is 0 Å². The van der Waals surface area contributed by atoms with Crippen LogP contribution >= 0.6 is 0 Å². The SMILES string of the molecule is Bc1ccccc1-c1cc(-c2c(B)c(B)c(B)c3oc4c(B)c5c(B)c(B)c(B)c(B)c5c(B)c4c23)c(-c2ccc3ccc4cccc5ccc2c3c45)cc1-c1ccc2ccc3cccc4ccc1c2c34. The summed E-state index contributed by atoms with van der Waals surface area (Å²) in [5.74, 6) is 0. The summed E-state index contributed by atoms with van der Waals surface area (Å²) in [7, 11) is 23.0. The van der Waals surface area contributed by atoms with Gasteiger partial charge in [-0.15, -0.1) is 10.9 Å². The summed E-state index contributed by atoms with van der Waals surface area (Å²) >= 11 is 0. The largest absolute Gasteiger partial charge is 0.457 e. The Morgan fingerprint density at radius 1 is 0.239 bits per heavy atom. The van der Waals surface area contributed by atoms with Gasteiger partial charge in [0.25, 0.3) is 0 Å². The van der Waals surface area contributed by atoms with Gasteiger partial charge in [0.1, 0.15) is 89.6 Å². The van der Waals surface area contributed by atoms with Gasteiger partial charge in [-0.2, -0.15) is 0 Å². The van der Waals surface area contributed by atoms with Crippen LogP contribution in [-0.2, 0) is 0 Å².